The van der Waals surface area contributed by atoms with Crippen molar-refractivity contribution < 1.29 is 23.3 Å². The van der Waals surface area contributed by atoms with Gasteiger partial charge in [-0.15, -0.1) is 0 Å². The van der Waals surface area contributed by atoms with Crippen LogP contribution in [0.5, 0.6) is 0 Å². The van der Waals surface area contributed by atoms with Gasteiger partial charge in [-0.25, -0.2) is 0 Å². The van der Waals surface area contributed by atoms with Gasteiger partial charge in [0.2, 0.25) is 5.91 Å². The maximum Gasteiger partial charge on any atom is 0.252 e. The number of nitrogens with zero attached hydrogens (tertiary/aromatic N) is 4. The Kier molecular flexibility index (Phi) is 7.16. The fraction of sp³-hybridized carbons (Fsp3) is 0.684. The van der Waals surface area contributed by atoms with Gasteiger partial charge in [0.05, 0.1) is 18.4 Å². The molecule has 9 nitrogen and oxygen atoms in total. The molecule has 0 saturated carbocycles. The van der Waals surface area contributed by atoms with Crippen LogP contribution in [-0.4, -0.2) is 59.0 Å². The normalized spacial score (nSPS) is 17.2. The molecule has 0 bridgehead atoms. The number of amides is 1. The maximum absolute atomic E-state index is 12.6. The molecule has 1 amide bonds. The van der Waals surface area contributed by atoms with Crippen molar-refractivity contribution in [2.45, 2.75) is 58.7 Å². The lowest BCUT2D eigenvalue weighted by Gasteiger charge is -2.32. The van der Waals surface area contributed by atoms with E-state index < -0.39 is 0 Å². The zero-order chi connectivity index (χ0) is 19.9. The van der Waals surface area contributed by atoms with E-state index in [1.54, 1.807) is 7.11 Å². The highest BCUT2D eigenvalue weighted by molar-refractivity contribution is 5.76. The minimum absolute atomic E-state index is 0.0436. The molecular weight excluding hydrogens is 364 g/mol. The Morgan fingerprint density at radius 1 is 1.25 bits per heavy atom. The molecule has 3 heterocycles. The van der Waals surface area contributed by atoms with E-state index in [-0.39, 0.29) is 12.0 Å². The molecule has 2 aromatic heterocycles. The third-order valence-electron chi connectivity index (χ3n) is 4.96. The summed E-state index contributed by atoms with van der Waals surface area (Å²) in [4.78, 5) is 18.7. The molecule has 154 valence electrons. The number of carbonyl (C=O) groups excluding carboxylic acids is 1. The molecule has 1 fully saturated rings. The van der Waals surface area contributed by atoms with E-state index >= 15 is 0 Å². The van der Waals surface area contributed by atoms with E-state index in [4.69, 9.17) is 18.5 Å². The number of ether oxygens (including phenoxy) is 2. The van der Waals surface area contributed by atoms with Crippen LogP contribution in [0.25, 0.3) is 0 Å². The lowest BCUT2D eigenvalue weighted by molar-refractivity contribution is -0.135. The SMILES string of the molecule is COCc1nc(CCOC2CCCN(C(=O)CCc3c(C)noc3C)C2)no1. The maximum atomic E-state index is 12.6. The number of aromatic nitrogens is 3. The summed E-state index contributed by atoms with van der Waals surface area (Å²) < 4.78 is 21.1. The average Bonchev–Trinajstić information content (AvgIpc) is 3.27. The van der Waals surface area contributed by atoms with Gasteiger partial charge >= 0.3 is 0 Å². The Hall–Kier alpha value is -2.26. The van der Waals surface area contributed by atoms with Crippen molar-refractivity contribution in [2.75, 3.05) is 26.8 Å². The number of rotatable bonds is 9. The van der Waals surface area contributed by atoms with Crippen molar-refractivity contribution in [3.63, 3.8) is 0 Å². The van der Waals surface area contributed by atoms with Crippen molar-refractivity contribution in [1.29, 1.82) is 0 Å². The first-order chi connectivity index (χ1) is 13.6. The summed E-state index contributed by atoms with van der Waals surface area (Å²) in [7, 11) is 1.58. The molecule has 2 aromatic rings. The van der Waals surface area contributed by atoms with Gasteiger partial charge in [-0.3, -0.25) is 4.79 Å². The molecule has 0 N–H and O–H groups in total. The minimum atomic E-state index is 0.0436. The largest absolute Gasteiger partial charge is 0.376 e. The minimum Gasteiger partial charge on any atom is -0.376 e. The lowest BCUT2D eigenvalue weighted by atomic mass is 10.1. The molecule has 0 radical (unpaired) electrons. The van der Waals surface area contributed by atoms with Crippen LogP contribution in [0.4, 0.5) is 0 Å². The fourth-order valence-electron chi connectivity index (χ4n) is 3.44. The topological polar surface area (TPSA) is 104 Å². The van der Waals surface area contributed by atoms with Gasteiger partial charge in [0.15, 0.2) is 5.82 Å². The van der Waals surface area contributed by atoms with Crippen molar-refractivity contribution in [3.8, 4) is 0 Å². The van der Waals surface area contributed by atoms with Crippen LogP contribution in [-0.2, 0) is 33.7 Å². The quantitative estimate of drug-likeness (QED) is 0.638. The number of piperidine rings is 1. The zero-order valence-electron chi connectivity index (χ0n) is 16.8. The van der Waals surface area contributed by atoms with E-state index in [9.17, 15) is 4.79 Å². The predicted molar refractivity (Wildman–Crippen MR) is 98.6 cm³/mol. The van der Waals surface area contributed by atoms with Crippen LogP contribution in [0.3, 0.4) is 0 Å². The summed E-state index contributed by atoms with van der Waals surface area (Å²) in [5, 5.41) is 7.85. The number of hydrogen-bond donors (Lipinski definition) is 0. The highest BCUT2D eigenvalue weighted by Gasteiger charge is 2.24. The van der Waals surface area contributed by atoms with E-state index in [1.807, 2.05) is 18.7 Å². The van der Waals surface area contributed by atoms with Gasteiger partial charge in [0.25, 0.3) is 5.89 Å². The second-order valence-electron chi connectivity index (χ2n) is 7.06. The van der Waals surface area contributed by atoms with E-state index in [2.05, 4.69) is 15.3 Å². The molecule has 1 atom stereocenters. The van der Waals surface area contributed by atoms with Gasteiger partial charge in [0, 0.05) is 38.6 Å². The summed E-state index contributed by atoms with van der Waals surface area (Å²) in [5.74, 6) is 2.01. The molecule has 9 heteroatoms. The van der Waals surface area contributed by atoms with Gasteiger partial charge < -0.3 is 23.4 Å². The fourth-order valence-corrected chi connectivity index (χ4v) is 3.44. The smallest absolute Gasteiger partial charge is 0.252 e. The third-order valence-corrected chi connectivity index (χ3v) is 4.96. The summed E-state index contributed by atoms with van der Waals surface area (Å²) in [5.41, 5.74) is 1.89. The molecule has 28 heavy (non-hydrogen) atoms. The Morgan fingerprint density at radius 2 is 2.11 bits per heavy atom. The molecule has 0 aliphatic carbocycles. The van der Waals surface area contributed by atoms with Gasteiger partial charge in [0.1, 0.15) is 12.4 Å². The monoisotopic (exact) mass is 392 g/mol. The third kappa shape index (κ3) is 5.39. The van der Waals surface area contributed by atoms with Crippen molar-refractivity contribution in [1.82, 2.24) is 20.2 Å². The second-order valence-corrected chi connectivity index (χ2v) is 7.06. The molecule has 3 rings (SSSR count). The Balaban J connectivity index is 1.41. The van der Waals surface area contributed by atoms with Crippen LogP contribution in [0, 0.1) is 13.8 Å². The van der Waals surface area contributed by atoms with Crippen LogP contribution in [0.2, 0.25) is 0 Å². The number of hydrogen-bond acceptors (Lipinski definition) is 8. The summed E-state index contributed by atoms with van der Waals surface area (Å²) in [6, 6.07) is 0. The summed E-state index contributed by atoms with van der Waals surface area (Å²) >= 11 is 0. The zero-order valence-corrected chi connectivity index (χ0v) is 16.8. The van der Waals surface area contributed by atoms with Crippen LogP contribution in [0.1, 0.15) is 48.0 Å². The molecule has 1 aliphatic heterocycles. The van der Waals surface area contributed by atoms with Crippen molar-refractivity contribution >= 4 is 5.91 Å². The molecule has 1 unspecified atom stereocenters. The number of carbonyl (C=O) groups is 1. The second kappa shape index (κ2) is 9.79. The number of methoxy groups -OCH3 is 1. The molecular formula is C19H28N4O5. The van der Waals surface area contributed by atoms with Gasteiger partial charge in [-0.1, -0.05) is 10.3 Å². The van der Waals surface area contributed by atoms with E-state index in [0.29, 0.717) is 50.7 Å². The van der Waals surface area contributed by atoms with Crippen molar-refractivity contribution in [3.05, 3.63) is 28.7 Å². The summed E-state index contributed by atoms with van der Waals surface area (Å²) in [6.07, 6.45) is 3.63. The first-order valence-corrected chi connectivity index (χ1v) is 9.68. The van der Waals surface area contributed by atoms with Crippen molar-refractivity contribution in [2.24, 2.45) is 0 Å². The summed E-state index contributed by atoms with van der Waals surface area (Å²) in [6.45, 7) is 6.00. The average molecular weight is 392 g/mol. The molecule has 1 saturated heterocycles. The predicted octanol–water partition coefficient (Wildman–Crippen LogP) is 2.00. The first kappa shape index (κ1) is 20.5. The standard InChI is InChI=1S/C19H28N4O5/c1-13-16(14(2)27-21-13)6-7-19(24)23-9-4-5-15(11-23)26-10-8-17-20-18(12-25-3)28-22-17/h15H,4-12H2,1-3H3. The number of likely N-dealkylation sites (tertiary alicyclic amines) is 1. The Morgan fingerprint density at radius 3 is 2.86 bits per heavy atom. The highest BCUT2D eigenvalue weighted by Crippen LogP contribution is 2.18. The van der Waals surface area contributed by atoms with Crippen LogP contribution < -0.4 is 0 Å². The number of aryl methyl sites for hydroxylation is 2. The highest BCUT2D eigenvalue weighted by atomic mass is 16.5. The first-order valence-electron chi connectivity index (χ1n) is 9.68. The molecule has 0 aromatic carbocycles. The van der Waals surface area contributed by atoms with Crippen LogP contribution in [0.15, 0.2) is 9.05 Å². The van der Waals surface area contributed by atoms with E-state index in [0.717, 1.165) is 36.4 Å². The van der Waals surface area contributed by atoms with Gasteiger partial charge in [-0.2, -0.15) is 4.98 Å². The van der Waals surface area contributed by atoms with E-state index in [1.165, 1.54) is 0 Å². The van der Waals surface area contributed by atoms with Gasteiger partial charge in [-0.05, 0) is 33.1 Å². The lowest BCUT2D eigenvalue weighted by Crippen LogP contribution is -2.43. The molecule has 1 aliphatic rings. The Bertz CT molecular complexity index is 753. The molecule has 0 spiro atoms. The Labute approximate surface area is 164 Å². The van der Waals surface area contributed by atoms with Crippen LogP contribution >= 0.6 is 0 Å².